The predicted octanol–water partition coefficient (Wildman–Crippen LogP) is 3.63. The summed E-state index contributed by atoms with van der Waals surface area (Å²) in [6, 6.07) is 0. The van der Waals surface area contributed by atoms with Crippen LogP contribution in [0.2, 0.25) is 0 Å². The Morgan fingerprint density at radius 3 is 2.56 bits per heavy atom. The number of carbonyl (C=O) groups is 1. The van der Waals surface area contributed by atoms with Crippen LogP contribution in [0.3, 0.4) is 0 Å². The van der Waals surface area contributed by atoms with Crippen molar-refractivity contribution in [1.82, 2.24) is 4.90 Å². The predicted molar refractivity (Wildman–Crippen MR) is 75.2 cm³/mol. The summed E-state index contributed by atoms with van der Waals surface area (Å²) in [6.45, 7) is 9.06. The van der Waals surface area contributed by atoms with E-state index in [-0.39, 0.29) is 11.4 Å². The van der Waals surface area contributed by atoms with Crippen molar-refractivity contribution in [2.24, 2.45) is 17.8 Å². The van der Waals surface area contributed by atoms with Gasteiger partial charge in [0.05, 0.1) is 0 Å². The van der Waals surface area contributed by atoms with E-state index in [4.69, 9.17) is 0 Å². The zero-order valence-electron chi connectivity index (χ0n) is 12.3. The van der Waals surface area contributed by atoms with Crippen LogP contribution in [0, 0.1) is 17.8 Å². The van der Waals surface area contributed by atoms with Crippen LogP contribution in [0.4, 0.5) is 0 Å². The third-order valence-electron chi connectivity index (χ3n) is 4.50. The van der Waals surface area contributed by atoms with Crippen LogP contribution in [0.15, 0.2) is 12.2 Å². The number of rotatable bonds is 3. The zero-order chi connectivity index (χ0) is 13.3. The van der Waals surface area contributed by atoms with E-state index in [0.717, 1.165) is 24.3 Å². The molecule has 3 unspecified atom stereocenters. The molecular formula is C16H27NO. The fourth-order valence-electron chi connectivity index (χ4n) is 3.37. The van der Waals surface area contributed by atoms with E-state index in [9.17, 15) is 4.79 Å². The van der Waals surface area contributed by atoms with Crippen LogP contribution < -0.4 is 0 Å². The highest BCUT2D eigenvalue weighted by atomic mass is 16.2. The molecule has 0 aromatic rings. The number of hydrogen-bond donors (Lipinski definition) is 0. The van der Waals surface area contributed by atoms with Crippen molar-refractivity contribution in [3.8, 4) is 0 Å². The Hall–Kier alpha value is -0.790. The maximum absolute atomic E-state index is 11.8. The molecule has 0 aromatic heterocycles. The van der Waals surface area contributed by atoms with Crippen LogP contribution in [0.25, 0.3) is 0 Å². The second kappa shape index (κ2) is 5.07. The third kappa shape index (κ3) is 3.15. The molecule has 18 heavy (non-hydrogen) atoms. The Labute approximate surface area is 111 Å². The second-order valence-corrected chi connectivity index (χ2v) is 7.00. The molecule has 1 fully saturated rings. The first-order valence-electron chi connectivity index (χ1n) is 7.33. The first kappa shape index (κ1) is 13.6. The van der Waals surface area contributed by atoms with E-state index in [1.165, 1.54) is 25.7 Å². The van der Waals surface area contributed by atoms with Gasteiger partial charge in [-0.2, -0.15) is 0 Å². The molecule has 1 saturated carbocycles. The van der Waals surface area contributed by atoms with E-state index in [1.54, 1.807) is 6.92 Å². The topological polar surface area (TPSA) is 20.3 Å². The summed E-state index contributed by atoms with van der Waals surface area (Å²) in [5, 5.41) is 0. The standard InChI is InChI=1S/C16H27NO/c1-12(18)17(16(2,3)4)11-14-10-15(14)13-8-6-5-7-9-13/h5-6,13-15H,7-11H2,1-4H3. The molecule has 0 aliphatic heterocycles. The lowest BCUT2D eigenvalue weighted by Gasteiger charge is -2.35. The van der Waals surface area contributed by atoms with Crippen LogP contribution in [0.1, 0.15) is 53.4 Å². The molecule has 2 heteroatoms. The Kier molecular flexibility index (Phi) is 3.84. The van der Waals surface area contributed by atoms with Gasteiger partial charge in [0.15, 0.2) is 0 Å². The van der Waals surface area contributed by atoms with Gasteiger partial charge in [-0.05, 0) is 64.2 Å². The molecule has 0 N–H and O–H groups in total. The van der Waals surface area contributed by atoms with Gasteiger partial charge in [-0.1, -0.05) is 12.2 Å². The van der Waals surface area contributed by atoms with Crippen molar-refractivity contribution in [1.29, 1.82) is 0 Å². The summed E-state index contributed by atoms with van der Waals surface area (Å²) in [7, 11) is 0. The van der Waals surface area contributed by atoms with Gasteiger partial charge in [-0.3, -0.25) is 4.79 Å². The maximum Gasteiger partial charge on any atom is 0.219 e. The lowest BCUT2D eigenvalue weighted by atomic mass is 9.89. The summed E-state index contributed by atoms with van der Waals surface area (Å²) in [5.41, 5.74) is -0.0363. The van der Waals surface area contributed by atoms with Gasteiger partial charge < -0.3 is 4.90 Å². The van der Waals surface area contributed by atoms with Crippen molar-refractivity contribution in [3.05, 3.63) is 12.2 Å². The van der Waals surface area contributed by atoms with Crippen LogP contribution in [-0.4, -0.2) is 22.9 Å². The summed E-state index contributed by atoms with van der Waals surface area (Å²) in [6.07, 6.45) is 9.85. The van der Waals surface area contributed by atoms with E-state index >= 15 is 0 Å². The van der Waals surface area contributed by atoms with Crippen LogP contribution in [-0.2, 0) is 4.79 Å². The first-order chi connectivity index (χ1) is 8.39. The first-order valence-corrected chi connectivity index (χ1v) is 7.33. The molecule has 0 spiro atoms. The Morgan fingerprint density at radius 1 is 1.33 bits per heavy atom. The van der Waals surface area contributed by atoms with Gasteiger partial charge in [-0.15, -0.1) is 0 Å². The maximum atomic E-state index is 11.8. The largest absolute Gasteiger partial charge is 0.338 e. The van der Waals surface area contributed by atoms with E-state index < -0.39 is 0 Å². The van der Waals surface area contributed by atoms with Crippen molar-refractivity contribution in [3.63, 3.8) is 0 Å². The van der Waals surface area contributed by atoms with Gasteiger partial charge in [0.1, 0.15) is 0 Å². The van der Waals surface area contributed by atoms with Gasteiger partial charge >= 0.3 is 0 Å². The molecule has 0 heterocycles. The SMILES string of the molecule is CC(=O)N(CC1CC1C1CC=CCC1)C(C)(C)C. The highest BCUT2D eigenvalue weighted by Gasteiger charge is 2.44. The second-order valence-electron chi connectivity index (χ2n) is 7.00. The molecular weight excluding hydrogens is 222 g/mol. The molecule has 3 atom stereocenters. The minimum Gasteiger partial charge on any atom is -0.338 e. The molecule has 2 rings (SSSR count). The normalized spacial score (nSPS) is 31.2. The van der Waals surface area contributed by atoms with Crippen molar-refractivity contribution >= 4 is 5.91 Å². The number of nitrogens with zero attached hydrogens (tertiary/aromatic N) is 1. The quantitative estimate of drug-likeness (QED) is 0.699. The Morgan fingerprint density at radius 2 is 2.06 bits per heavy atom. The zero-order valence-corrected chi connectivity index (χ0v) is 12.3. The fraction of sp³-hybridized carbons (Fsp3) is 0.812. The summed E-state index contributed by atoms with van der Waals surface area (Å²) in [4.78, 5) is 13.8. The molecule has 0 saturated heterocycles. The summed E-state index contributed by atoms with van der Waals surface area (Å²) < 4.78 is 0. The van der Waals surface area contributed by atoms with Gasteiger partial charge in [0, 0.05) is 19.0 Å². The van der Waals surface area contributed by atoms with E-state index in [1.807, 2.05) is 0 Å². The summed E-state index contributed by atoms with van der Waals surface area (Å²) >= 11 is 0. The van der Waals surface area contributed by atoms with Gasteiger partial charge in [0.25, 0.3) is 0 Å². The van der Waals surface area contributed by atoms with Gasteiger partial charge in [-0.25, -0.2) is 0 Å². The third-order valence-corrected chi connectivity index (χ3v) is 4.50. The molecule has 2 aliphatic carbocycles. The van der Waals surface area contributed by atoms with Crippen molar-refractivity contribution in [2.75, 3.05) is 6.54 Å². The summed E-state index contributed by atoms with van der Waals surface area (Å²) in [5.74, 6) is 2.73. The average molecular weight is 249 g/mol. The molecule has 102 valence electrons. The number of hydrogen-bond acceptors (Lipinski definition) is 1. The molecule has 1 amide bonds. The van der Waals surface area contributed by atoms with E-state index in [2.05, 4.69) is 37.8 Å². The highest BCUT2D eigenvalue weighted by molar-refractivity contribution is 5.74. The highest BCUT2D eigenvalue weighted by Crippen LogP contribution is 2.49. The van der Waals surface area contributed by atoms with Crippen molar-refractivity contribution in [2.45, 2.75) is 58.9 Å². The minimum absolute atomic E-state index is 0.0363. The molecule has 0 bridgehead atoms. The molecule has 0 radical (unpaired) electrons. The van der Waals surface area contributed by atoms with Crippen molar-refractivity contribution < 1.29 is 4.79 Å². The number of allylic oxidation sites excluding steroid dienone is 2. The number of carbonyl (C=O) groups excluding carboxylic acids is 1. The Balaban J connectivity index is 1.87. The Bertz CT molecular complexity index is 339. The van der Waals surface area contributed by atoms with Crippen LogP contribution in [0.5, 0.6) is 0 Å². The molecule has 2 aliphatic rings. The van der Waals surface area contributed by atoms with Gasteiger partial charge in [0.2, 0.25) is 5.91 Å². The smallest absolute Gasteiger partial charge is 0.219 e. The molecule has 2 nitrogen and oxygen atoms in total. The molecule has 0 aromatic carbocycles. The fourth-order valence-corrected chi connectivity index (χ4v) is 3.37. The minimum atomic E-state index is -0.0363. The average Bonchev–Trinajstić information content (AvgIpc) is 3.04. The lowest BCUT2D eigenvalue weighted by Crippen LogP contribution is -2.45. The van der Waals surface area contributed by atoms with E-state index in [0.29, 0.717) is 0 Å². The number of amides is 1. The lowest BCUT2D eigenvalue weighted by molar-refractivity contribution is -0.133. The monoisotopic (exact) mass is 249 g/mol. The van der Waals surface area contributed by atoms with Crippen LogP contribution >= 0.6 is 0 Å².